The fourth-order valence-corrected chi connectivity index (χ4v) is 0.588. The summed E-state index contributed by atoms with van der Waals surface area (Å²) in [4.78, 5) is 0. The Morgan fingerprint density at radius 2 is 2.44 bits per heavy atom. The van der Waals surface area contributed by atoms with Crippen molar-refractivity contribution in [2.45, 2.75) is 0 Å². The Morgan fingerprint density at radius 3 is 3.00 bits per heavy atom. The second kappa shape index (κ2) is 2.23. The maximum atomic E-state index is 12.4. The van der Waals surface area contributed by atoms with Crippen LogP contribution in [0.15, 0.2) is 18.2 Å². The van der Waals surface area contributed by atoms with E-state index in [9.17, 15) is 4.39 Å². The van der Waals surface area contributed by atoms with Gasteiger partial charge in [-0.05, 0) is 18.2 Å². The molecule has 0 aliphatic rings. The van der Waals surface area contributed by atoms with Crippen LogP contribution >= 0.6 is 11.6 Å². The lowest BCUT2D eigenvalue weighted by Crippen LogP contribution is -1.73. The lowest BCUT2D eigenvalue weighted by molar-refractivity contribution is 0.432. The SMILES string of the molecule is [2H]c1cc(Cl)cc(F)c1O. The first-order chi connectivity index (χ1) is 4.61. The van der Waals surface area contributed by atoms with Crippen molar-refractivity contribution >= 4 is 11.6 Å². The van der Waals surface area contributed by atoms with Crippen molar-refractivity contribution in [1.82, 2.24) is 0 Å². The number of rotatable bonds is 0. The largest absolute Gasteiger partial charge is 0.505 e. The van der Waals surface area contributed by atoms with Gasteiger partial charge in [0.1, 0.15) is 0 Å². The van der Waals surface area contributed by atoms with E-state index >= 15 is 0 Å². The predicted octanol–water partition coefficient (Wildman–Crippen LogP) is 2.18. The Hall–Kier alpha value is -0.760. The normalized spacial score (nSPS) is 11.1. The minimum absolute atomic E-state index is 0.111. The van der Waals surface area contributed by atoms with Crippen LogP contribution in [0.3, 0.4) is 0 Å². The second-order valence-corrected chi connectivity index (χ2v) is 1.95. The summed E-state index contributed by atoms with van der Waals surface area (Å²) < 4.78 is 19.3. The number of hydrogen-bond acceptors (Lipinski definition) is 1. The third kappa shape index (κ3) is 1.33. The molecule has 1 aromatic rings. The molecule has 1 aromatic carbocycles. The van der Waals surface area contributed by atoms with Crippen LogP contribution < -0.4 is 0 Å². The number of phenols is 1. The van der Waals surface area contributed by atoms with E-state index in [-0.39, 0.29) is 11.1 Å². The van der Waals surface area contributed by atoms with Crippen LogP contribution in [-0.2, 0) is 0 Å². The number of halogens is 2. The van der Waals surface area contributed by atoms with E-state index in [2.05, 4.69) is 0 Å². The molecule has 0 radical (unpaired) electrons. The average Bonchev–Trinajstić information content (AvgIpc) is 1.82. The predicted molar refractivity (Wildman–Crippen MR) is 33.1 cm³/mol. The zero-order valence-corrected chi connectivity index (χ0v) is 5.11. The van der Waals surface area contributed by atoms with Crippen LogP contribution in [0.5, 0.6) is 5.75 Å². The van der Waals surface area contributed by atoms with Gasteiger partial charge in [0.15, 0.2) is 11.6 Å². The molecule has 0 unspecified atom stereocenters. The van der Waals surface area contributed by atoms with E-state index in [4.69, 9.17) is 18.1 Å². The smallest absolute Gasteiger partial charge is 0.166 e. The van der Waals surface area contributed by atoms with Crippen LogP contribution in [0.2, 0.25) is 5.02 Å². The minimum atomic E-state index is -0.863. The quantitative estimate of drug-likeness (QED) is 0.597. The van der Waals surface area contributed by atoms with Gasteiger partial charge in [0.25, 0.3) is 0 Å². The fraction of sp³-hybridized carbons (Fsp3) is 0. The lowest BCUT2D eigenvalue weighted by atomic mass is 10.3. The van der Waals surface area contributed by atoms with E-state index < -0.39 is 11.6 Å². The molecule has 48 valence electrons. The Morgan fingerprint density at radius 1 is 1.78 bits per heavy atom. The molecule has 0 heterocycles. The first-order valence-electron chi connectivity index (χ1n) is 2.76. The molecule has 0 aliphatic heterocycles. The van der Waals surface area contributed by atoms with Gasteiger partial charge in [-0.25, -0.2) is 4.39 Å². The highest BCUT2D eigenvalue weighted by atomic mass is 35.5. The molecule has 1 nitrogen and oxygen atoms in total. The Kier molecular flexibility index (Phi) is 1.25. The van der Waals surface area contributed by atoms with Gasteiger partial charge in [-0.15, -0.1) is 0 Å². The van der Waals surface area contributed by atoms with Crippen LogP contribution in [0.4, 0.5) is 4.39 Å². The first kappa shape index (κ1) is 5.06. The van der Waals surface area contributed by atoms with Crippen LogP contribution in [0.25, 0.3) is 0 Å². The van der Waals surface area contributed by atoms with E-state index in [1.54, 1.807) is 0 Å². The van der Waals surface area contributed by atoms with E-state index in [0.717, 1.165) is 6.07 Å². The van der Waals surface area contributed by atoms with Gasteiger partial charge in [0.05, 0.1) is 1.37 Å². The molecule has 0 saturated carbocycles. The van der Waals surface area contributed by atoms with Crippen LogP contribution in [0.1, 0.15) is 1.37 Å². The van der Waals surface area contributed by atoms with Crippen molar-refractivity contribution in [3.05, 3.63) is 29.0 Å². The minimum Gasteiger partial charge on any atom is -0.505 e. The summed E-state index contributed by atoms with van der Waals surface area (Å²) in [5.74, 6) is -1.53. The molecule has 9 heavy (non-hydrogen) atoms. The molecule has 0 aromatic heterocycles. The van der Waals surface area contributed by atoms with Crippen LogP contribution in [-0.4, -0.2) is 5.11 Å². The molecule has 1 rings (SSSR count). The van der Waals surface area contributed by atoms with Gasteiger partial charge < -0.3 is 5.11 Å². The highest BCUT2D eigenvalue weighted by molar-refractivity contribution is 6.30. The first-order valence-corrected chi connectivity index (χ1v) is 2.63. The van der Waals surface area contributed by atoms with Crippen molar-refractivity contribution in [2.24, 2.45) is 0 Å². The van der Waals surface area contributed by atoms with Gasteiger partial charge in [-0.3, -0.25) is 0 Å². The lowest BCUT2D eigenvalue weighted by Gasteiger charge is -1.92. The van der Waals surface area contributed by atoms with Gasteiger partial charge in [0.2, 0.25) is 0 Å². The van der Waals surface area contributed by atoms with Crippen molar-refractivity contribution in [3.63, 3.8) is 0 Å². The molecular weight excluding hydrogens is 143 g/mol. The van der Waals surface area contributed by atoms with Crippen molar-refractivity contribution in [1.29, 1.82) is 0 Å². The molecule has 0 saturated heterocycles. The molecule has 0 amide bonds. The zero-order chi connectivity index (χ0) is 7.72. The second-order valence-electron chi connectivity index (χ2n) is 1.51. The molecule has 0 fully saturated rings. The number of benzene rings is 1. The highest BCUT2D eigenvalue weighted by Gasteiger charge is 1.97. The molecule has 1 N–H and O–H groups in total. The Bertz CT molecular complexity index is 241. The van der Waals surface area contributed by atoms with E-state index in [1.165, 1.54) is 6.07 Å². The monoisotopic (exact) mass is 147 g/mol. The topological polar surface area (TPSA) is 20.2 Å². The third-order valence-corrected chi connectivity index (χ3v) is 1.06. The third-order valence-electron chi connectivity index (χ3n) is 0.838. The Balaban J connectivity index is 3.31. The van der Waals surface area contributed by atoms with Gasteiger partial charge in [-0.2, -0.15) is 0 Å². The van der Waals surface area contributed by atoms with Crippen molar-refractivity contribution < 1.29 is 10.9 Å². The van der Waals surface area contributed by atoms with Crippen LogP contribution in [0, 0.1) is 5.82 Å². The fourth-order valence-electron chi connectivity index (χ4n) is 0.437. The standard InChI is InChI=1S/C6H4ClFO/c7-4-1-2-6(9)5(8)3-4/h1-3,9H/i2D. The van der Waals surface area contributed by atoms with Gasteiger partial charge in [-0.1, -0.05) is 11.6 Å². The van der Waals surface area contributed by atoms with Gasteiger partial charge >= 0.3 is 0 Å². The average molecular weight is 148 g/mol. The summed E-state index contributed by atoms with van der Waals surface area (Å²) in [6.45, 7) is 0. The number of aromatic hydroxyl groups is 1. The highest BCUT2D eigenvalue weighted by Crippen LogP contribution is 2.18. The molecule has 0 aliphatic carbocycles. The summed E-state index contributed by atoms with van der Waals surface area (Å²) >= 11 is 5.35. The molecular formula is C6H4ClFO. The van der Waals surface area contributed by atoms with Crippen molar-refractivity contribution in [3.8, 4) is 5.75 Å². The summed E-state index contributed by atoms with van der Waals surface area (Å²) in [6.07, 6.45) is 0. The van der Waals surface area contributed by atoms with E-state index in [0.29, 0.717) is 0 Å². The zero-order valence-electron chi connectivity index (χ0n) is 5.36. The number of phenolic OH excluding ortho intramolecular Hbond substituents is 1. The summed E-state index contributed by atoms with van der Waals surface area (Å²) in [7, 11) is 0. The maximum absolute atomic E-state index is 12.4. The summed E-state index contributed by atoms with van der Waals surface area (Å²) in [5.41, 5.74) is 0. The molecule has 0 bridgehead atoms. The van der Waals surface area contributed by atoms with Gasteiger partial charge in [0, 0.05) is 5.02 Å². The molecule has 0 spiro atoms. The maximum Gasteiger partial charge on any atom is 0.166 e. The number of hydrogen-bond donors (Lipinski definition) is 1. The summed E-state index contributed by atoms with van der Waals surface area (Å²) in [5, 5.41) is 8.82. The van der Waals surface area contributed by atoms with Crippen molar-refractivity contribution in [2.75, 3.05) is 0 Å². The molecule has 0 atom stereocenters. The van der Waals surface area contributed by atoms with E-state index in [1.807, 2.05) is 0 Å². The Labute approximate surface area is 58.1 Å². The summed E-state index contributed by atoms with van der Waals surface area (Å²) in [6, 6.07) is 1.82. The molecule has 3 heteroatoms.